The summed E-state index contributed by atoms with van der Waals surface area (Å²) >= 11 is 0. The molecule has 1 saturated heterocycles. The van der Waals surface area contributed by atoms with Crippen LogP contribution in [-0.4, -0.2) is 48.4 Å². The molecule has 2 aromatic carbocycles. The first-order valence-corrected chi connectivity index (χ1v) is 11.8. The minimum atomic E-state index is 0.831. The van der Waals surface area contributed by atoms with Crippen molar-refractivity contribution in [2.45, 2.75) is 51.9 Å². The quantitative estimate of drug-likeness (QED) is 0.487. The second-order valence-electron chi connectivity index (χ2n) is 8.45. The van der Waals surface area contributed by atoms with Crippen molar-refractivity contribution in [2.24, 2.45) is 4.99 Å². The zero-order chi connectivity index (χ0) is 20.6. The number of nitrogens with zero attached hydrogens (tertiary/aromatic N) is 3. The summed E-state index contributed by atoms with van der Waals surface area (Å²) in [5, 5.41) is 0. The van der Waals surface area contributed by atoms with Crippen molar-refractivity contribution in [3.05, 3.63) is 54.1 Å². The molecule has 0 N–H and O–H groups in total. The third-order valence-electron chi connectivity index (χ3n) is 6.19. The van der Waals surface area contributed by atoms with E-state index in [1.807, 2.05) is 36.4 Å². The summed E-state index contributed by atoms with van der Waals surface area (Å²) in [5.74, 6) is 2.77. The van der Waals surface area contributed by atoms with Gasteiger partial charge in [-0.1, -0.05) is 69.7 Å². The van der Waals surface area contributed by atoms with Gasteiger partial charge in [-0.3, -0.25) is 4.90 Å². The lowest BCUT2D eigenvalue weighted by Crippen LogP contribution is -2.49. The molecule has 0 amide bonds. The molecule has 30 heavy (non-hydrogen) atoms. The van der Waals surface area contributed by atoms with Crippen LogP contribution in [0.2, 0.25) is 0 Å². The fourth-order valence-corrected chi connectivity index (χ4v) is 4.39. The van der Waals surface area contributed by atoms with Crippen LogP contribution < -0.4 is 4.74 Å². The van der Waals surface area contributed by atoms with E-state index in [-0.39, 0.29) is 0 Å². The van der Waals surface area contributed by atoms with Crippen LogP contribution in [0.1, 0.15) is 57.4 Å². The van der Waals surface area contributed by atoms with E-state index >= 15 is 0 Å². The number of para-hydroxylation sites is 3. The van der Waals surface area contributed by atoms with E-state index in [4.69, 9.17) is 9.73 Å². The first kappa shape index (κ1) is 20.9. The van der Waals surface area contributed by atoms with Crippen molar-refractivity contribution in [3.8, 4) is 11.5 Å². The van der Waals surface area contributed by atoms with Gasteiger partial charge in [0, 0.05) is 26.2 Å². The average Bonchev–Trinajstić information content (AvgIpc) is 2.96. The number of ether oxygens (including phenoxy) is 1. The Labute approximate surface area is 181 Å². The number of hydrogen-bond acceptors (Lipinski definition) is 4. The minimum absolute atomic E-state index is 0.831. The van der Waals surface area contributed by atoms with Crippen LogP contribution >= 0.6 is 0 Å². The number of benzene rings is 2. The van der Waals surface area contributed by atoms with Gasteiger partial charge in [-0.15, -0.1) is 0 Å². The fourth-order valence-electron chi connectivity index (χ4n) is 4.39. The molecule has 1 fully saturated rings. The summed E-state index contributed by atoms with van der Waals surface area (Å²) in [7, 11) is 0. The summed E-state index contributed by atoms with van der Waals surface area (Å²) < 4.78 is 6.19. The van der Waals surface area contributed by atoms with Crippen LogP contribution in [0.25, 0.3) is 0 Å². The summed E-state index contributed by atoms with van der Waals surface area (Å²) in [4.78, 5) is 10.1. The Morgan fingerprint density at radius 3 is 2.23 bits per heavy atom. The summed E-state index contributed by atoms with van der Waals surface area (Å²) in [6.07, 6.45) is 9.64. The molecular formula is C26H35N3O. The first-order chi connectivity index (χ1) is 14.8. The Morgan fingerprint density at radius 1 is 0.767 bits per heavy atom. The van der Waals surface area contributed by atoms with Crippen LogP contribution in [-0.2, 0) is 0 Å². The Morgan fingerprint density at radius 2 is 1.43 bits per heavy atom. The molecule has 0 atom stereocenters. The van der Waals surface area contributed by atoms with Gasteiger partial charge in [0.25, 0.3) is 0 Å². The molecule has 4 nitrogen and oxygen atoms in total. The van der Waals surface area contributed by atoms with E-state index in [2.05, 4.69) is 28.9 Å². The minimum Gasteiger partial charge on any atom is -0.454 e. The lowest BCUT2D eigenvalue weighted by atomic mass is 10.1. The number of fused-ring (bicyclic) bond motifs is 2. The lowest BCUT2D eigenvalue weighted by Gasteiger charge is -2.36. The molecule has 0 unspecified atom stereocenters. The highest BCUT2D eigenvalue weighted by molar-refractivity contribution is 6.03. The predicted octanol–water partition coefficient (Wildman–Crippen LogP) is 6.24. The second-order valence-corrected chi connectivity index (χ2v) is 8.45. The van der Waals surface area contributed by atoms with Crippen molar-refractivity contribution in [1.29, 1.82) is 0 Å². The average molecular weight is 406 g/mol. The zero-order valence-electron chi connectivity index (χ0n) is 18.4. The summed E-state index contributed by atoms with van der Waals surface area (Å²) in [6.45, 7) is 7.78. The maximum absolute atomic E-state index is 6.19. The molecule has 160 valence electrons. The number of rotatable bonds is 8. The molecule has 2 aromatic rings. The van der Waals surface area contributed by atoms with Gasteiger partial charge in [-0.25, -0.2) is 4.99 Å². The van der Waals surface area contributed by atoms with Gasteiger partial charge < -0.3 is 9.64 Å². The molecule has 0 spiro atoms. The van der Waals surface area contributed by atoms with Crippen molar-refractivity contribution in [1.82, 2.24) is 9.80 Å². The van der Waals surface area contributed by atoms with Crippen LogP contribution in [0, 0.1) is 0 Å². The van der Waals surface area contributed by atoms with E-state index in [1.165, 1.54) is 51.5 Å². The number of hydrogen-bond donors (Lipinski definition) is 0. The molecule has 4 rings (SSSR count). The number of aliphatic imine (C=N–C) groups is 1. The van der Waals surface area contributed by atoms with Crippen molar-refractivity contribution in [2.75, 3.05) is 32.7 Å². The number of unbranched alkanes of at least 4 members (excludes halogenated alkanes) is 6. The normalized spacial score (nSPS) is 16.3. The third-order valence-corrected chi connectivity index (χ3v) is 6.19. The topological polar surface area (TPSA) is 28.1 Å². The van der Waals surface area contributed by atoms with Crippen LogP contribution in [0.4, 0.5) is 5.69 Å². The van der Waals surface area contributed by atoms with Gasteiger partial charge in [0.2, 0.25) is 0 Å². The van der Waals surface area contributed by atoms with Gasteiger partial charge in [-0.2, -0.15) is 0 Å². The molecule has 0 radical (unpaired) electrons. The maximum Gasteiger partial charge on any atom is 0.153 e. The fraction of sp³-hybridized carbons (Fsp3) is 0.500. The molecular weight excluding hydrogens is 370 g/mol. The molecule has 2 heterocycles. The number of amidine groups is 1. The Hall–Kier alpha value is -2.33. The SMILES string of the molecule is CCCCCCCCCN1CCN(C2=Nc3ccccc3Oc3ccccc32)CC1. The highest BCUT2D eigenvalue weighted by Gasteiger charge is 2.25. The lowest BCUT2D eigenvalue weighted by molar-refractivity contribution is 0.179. The molecule has 2 aliphatic heterocycles. The summed E-state index contributed by atoms with van der Waals surface area (Å²) in [5.41, 5.74) is 2.00. The van der Waals surface area contributed by atoms with Gasteiger partial charge in [0.05, 0.1) is 5.56 Å². The second kappa shape index (κ2) is 10.6. The molecule has 0 saturated carbocycles. The number of piperazine rings is 1. The van der Waals surface area contributed by atoms with Gasteiger partial charge in [0.15, 0.2) is 5.75 Å². The third kappa shape index (κ3) is 5.23. The molecule has 2 aliphatic rings. The van der Waals surface area contributed by atoms with Crippen molar-refractivity contribution in [3.63, 3.8) is 0 Å². The van der Waals surface area contributed by atoms with Gasteiger partial charge >= 0.3 is 0 Å². The first-order valence-electron chi connectivity index (χ1n) is 11.8. The Balaban J connectivity index is 1.34. The van der Waals surface area contributed by atoms with Crippen LogP contribution in [0.5, 0.6) is 11.5 Å². The Bertz CT molecular complexity index is 840. The van der Waals surface area contributed by atoms with Crippen LogP contribution in [0.3, 0.4) is 0 Å². The largest absolute Gasteiger partial charge is 0.454 e. The van der Waals surface area contributed by atoms with E-state index in [0.717, 1.165) is 54.8 Å². The highest BCUT2D eigenvalue weighted by Crippen LogP contribution is 2.37. The molecule has 0 bridgehead atoms. The van der Waals surface area contributed by atoms with Crippen molar-refractivity contribution >= 4 is 11.5 Å². The van der Waals surface area contributed by atoms with Gasteiger partial charge in [-0.05, 0) is 37.2 Å². The molecule has 4 heteroatoms. The van der Waals surface area contributed by atoms with E-state index in [9.17, 15) is 0 Å². The summed E-state index contributed by atoms with van der Waals surface area (Å²) in [6, 6.07) is 16.4. The zero-order valence-corrected chi connectivity index (χ0v) is 18.4. The highest BCUT2D eigenvalue weighted by atomic mass is 16.5. The predicted molar refractivity (Wildman–Crippen MR) is 125 cm³/mol. The van der Waals surface area contributed by atoms with Crippen LogP contribution in [0.15, 0.2) is 53.5 Å². The molecule has 0 aliphatic carbocycles. The van der Waals surface area contributed by atoms with Crippen molar-refractivity contribution < 1.29 is 4.74 Å². The van der Waals surface area contributed by atoms with E-state index in [1.54, 1.807) is 0 Å². The standard InChI is InChI=1S/C26H35N3O/c1-2-3-4-5-6-7-12-17-28-18-20-29(21-19-28)26-22-13-8-10-15-24(22)30-25-16-11-9-14-23(25)27-26/h8-11,13-16H,2-7,12,17-21H2,1H3. The Kier molecular flexibility index (Phi) is 7.41. The van der Waals surface area contributed by atoms with Gasteiger partial charge in [0.1, 0.15) is 17.3 Å². The van der Waals surface area contributed by atoms with E-state index < -0.39 is 0 Å². The maximum atomic E-state index is 6.19. The molecule has 0 aromatic heterocycles. The van der Waals surface area contributed by atoms with E-state index in [0.29, 0.717) is 0 Å². The smallest absolute Gasteiger partial charge is 0.153 e. The monoisotopic (exact) mass is 405 g/mol.